The maximum atomic E-state index is 13.9. The van der Waals surface area contributed by atoms with Crippen LogP contribution in [0.4, 0.5) is 0 Å². The van der Waals surface area contributed by atoms with Crippen LogP contribution < -0.4 is 5.73 Å². The smallest absolute Gasteiger partial charge is 0.230 e. The molecular weight excluding hydrogens is 504 g/mol. The predicted molar refractivity (Wildman–Crippen MR) is 139 cm³/mol. The van der Waals surface area contributed by atoms with Crippen LogP contribution in [0.3, 0.4) is 0 Å². The second kappa shape index (κ2) is 9.63. The molecule has 3 aliphatic rings. The molecule has 1 amide bonds. The number of Topliss-reactive ketones (excluding diaryl/α,β-unsaturated/α-hetero) is 3. The number of fused-ring (bicyclic) bond motifs is 3. The van der Waals surface area contributed by atoms with Gasteiger partial charge in [-0.1, -0.05) is 24.3 Å². The van der Waals surface area contributed by atoms with Crippen LogP contribution in [-0.4, -0.2) is 82.4 Å². The molecule has 10 heteroatoms. The molecule has 0 spiro atoms. The van der Waals surface area contributed by atoms with Gasteiger partial charge in [-0.25, -0.2) is 0 Å². The monoisotopic (exact) mass is 536 g/mol. The van der Waals surface area contributed by atoms with Crippen molar-refractivity contribution >= 4 is 23.3 Å². The second-order valence-electron chi connectivity index (χ2n) is 11.1. The Balaban J connectivity index is 1.64. The highest BCUT2D eigenvalue weighted by Crippen LogP contribution is 2.52. The largest absolute Gasteiger partial charge is 0.507 e. The lowest BCUT2D eigenvalue weighted by molar-refractivity contribution is -0.190. The highest BCUT2D eigenvalue weighted by atomic mass is 16.5. The summed E-state index contributed by atoms with van der Waals surface area (Å²) in [4.78, 5) is 54.9. The zero-order valence-electron chi connectivity index (χ0n) is 22.0. The Hall–Kier alpha value is -3.44. The number of ether oxygens (including phenoxy) is 1. The topological polar surface area (TPSA) is 167 Å². The lowest BCUT2D eigenvalue weighted by atomic mass is 9.52. The van der Waals surface area contributed by atoms with Crippen LogP contribution in [0.5, 0.6) is 5.75 Å². The van der Waals surface area contributed by atoms with E-state index in [0.717, 1.165) is 16.7 Å². The highest BCUT2D eigenvalue weighted by molar-refractivity contribution is 6.25. The van der Waals surface area contributed by atoms with Crippen molar-refractivity contribution in [3.8, 4) is 16.9 Å². The summed E-state index contributed by atoms with van der Waals surface area (Å²) < 4.78 is 5.24. The van der Waals surface area contributed by atoms with Gasteiger partial charge in [-0.15, -0.1) is 0 Å². The lowest BCUT2D eigenvalue weighted by Gasteiger charge is -2.54. The van der Waals surface area contributed by atoms with E-state index in [2.05, 4.69) is 0 Å². The quantitative estimate of drug-likeness (QED) is 0.397. The van der Waals surface area contributed by atoms with Gasteiger partial charge < -0.3 is 30.7 Å². The zero-order valence-corrected chi connectivity index (χ0v) is 22.0. The van der Waals surface area contributed by atoms with Crippen molar-refractivity contribution in [3.05, 3.63) is 53.1 Å². The Bertz CT molecular complexity index is 1390. The Morgan fingerprint density at radius 1 is 1.15 bits per heavy atom. The van der Waals surface area contributed by atoms with E-state index in [1.165, 1.54) is 6.07 Å². The average Bonchev–Trinajstić information content (AvgIpc) is 2.86. The van der Waals surface area contributed by atoms with E-state index >= 15 is 0 Å². The number of aliphatic hydroxyl groups is 2. The zero-order chi connectivity index (χ0) is 28.4. The molecule has 3 unspecified atom stereocenters. The maximum Gasteiger partial charge on any atom is 0.230 e. The van der Waals surface area contributed by atoms with Crippen molar-refractivity contribution in [1.82, 2.24) is 4.90 Å². The van der Waals surface area contributed by atoms with Crippen LogP contribution in [-0.2, 0) is 32.1 Å². The van der Waals surface area contributed by atoms with E-state index in [0.29, 0.717) is 12.2 Å². The molecule has 0 saturated heterocycles. The minimum Gasteiger partial charge on any atom is -0.507 e. The second-order valence-corrected chi connectivity index (χ2v) is 11.1. The number of benzene rings is 2. The highest BCUT2D eigenvalue weighted by Gasteiger charge is 2.69. The van der Waals surface area contributed by atoms with Crippen molar-refractivity contribution in [2.75, 3.05) is 21.2 Å². The Morgan fingerprint density at radius 3 is 2.51 bits per heavy atom. The summed E-state index contributed by atoms with van der Waals surface area (Å²) in [5.41, 5.74) is 5.75. The van der Waals surface area contributed by atoms with Gasteiger partial charge in [-0.2, -0.15) is 0 Å². The van der Waals surface area contributed by atoms with E-state index < -0.39 is 64.7 Å². The van der Waals surface area contributed by atoms with Crippen molar-refractivity contribution in [2.24, 2.45) is 29.4 Å². The van der Waals surface area contributed by atoms with Gasteiger partial charge in [0, 0.05) is 19.1 Å². The van der Waals surface area contributed by atoms with Gasteiger partial charge in [0.15, 0.2) is 23.0 Å². The summed E-state index contributed by atoms with van der Waals surface area (Å²) in [6, 6.07) is 9.77. The number of methoxy groups -OCH3 is 1. The SMILES string of the molecule is COCc1cccc(-c2ccc(O)c3c2C[C@@H]2C[C@@H]4[C@@H](N(C)C)C(O)C(C(N)=O)C(=O)[C@]4(O)C(=O)C2C3=O)c1. The molecule has 10 nitrogen and oxygen atoms in total. The van der Waals surface area contributed by atoms with E-state index in [4.69, 9.17) is 10.5 Å². The predicted octanol–water partition coefficient (Wildman–Crippen LogP) is 0.472. The number of amides is 1. The average molecular weight is 537 g/mol. The number of nitrogens with zero attached hydrogens (tertiary/aromatic N) is 1. The molecule has 0 heterocycles. The van der Waals surface area contributed by atoms with Crippen LogP contribution in [0.25, 0.3) is 11.1 Å². The van der Waals surface area contributed by atoms with Crippen molar-refractivity contribution < 1.29 is 39.2 Å². The first kappa shape index (κ1) is 27.1. The lowest BCUT2D eigenvalue weighted by Crippen LogP contribution is -2.75. The molecule has 5 rings (SSSR count). The first-order valence-electron chi connectivity index (χ1n) is 12.9. The van der Waals surface area contributed by atoms with Crippen LogP contribution in [0, 0.1) is 23.7 Å². The van der Waals surface area contributed by atoms with Crippen molar-refractivity contribution in [2.45, 2.75) is 37.2 Å². The van der Waals surface area contributed by atoms with Gasteiger partial charge in [0.25, 0.3) is 0 Å². The molecule has 39 heavy (non-hydrogen) atoms. The van der Waals surface area contributed by atoms with Crippen molar-refractivity contribution in [1.29, 1.82) is 0 Å². The number of phenolic OH excluding ortho intramolecular Hbond substituents is 1. The third-order valence-corrected chi connectivity index (χ3v) is 8.72. The van der Waals surface area contributed by atoms with Crippen LogP contribution in [0.1, 0.15) is 27.9 Å². The summed E-state index contributed by atoms with van der Waals surface area (Å²) in [6.45, 7) is 0.390. The number of aliphatic hydroxyl groups excluding tert-OH is 1. The fourth-order valence-electron chi connectivity index (χ4n) is 7.09. The standard InChI is InChI=1S/C29H32N2O8/c1-31(2)23-18-11-15-10-17-16(14-6-4-5-13(9-14)12-39-3)7-8-19(32)21(17)24(33)20(15)26(35)29(18,38)27(36)22(25(23)34)28(30)37/h4-9,15,18,20,22-23,25,32,34,38H,10-12H2,1-3H3,(H2,30,37)/t15-,18-,20?,22?,23-,25?,29-/m1/s1. The van der Waals surface area contributed by atoms with Crippen LogP contribution in [0.2, 0.25) is 0 Å². The summed E-state index contributed by atoms with van der Waals surface area (Å²) in [5.74, 6) is -9.18. The summed E-state index contributed by atoms with van der Waals surface area (Å²) >= 11 is 0. The van der Waals surface area contributed by atoms with E-state index in [1.54, 1.807) is 32.2 Å². The first-order chi connectivity index (χ1) is 18.4. The minimum absolute atomic E-state index is 0.0137. The molecule has 2 aromatic rings. The molecule has 2 saturated carbocycles. The number of likely N-dealkylation sites (N-methyl/N-ethyl adjacent to an activating group) is 1. The van der Waals surface area contributed by atoms with Crippen LogP contribution >= 0.6 is 0 Å². The van der Waals surface area contributed by atoms with Gasteiger partial charge >= 0.3 is 0 Å². The summed E-state index contributed by atoms with van der Waals surface area (Å²) in [7, 11) is 4.82. The molecule has 0 aliphatic heterocycles. The first-order valence-corrected chi connectivity index (χ1v) is 12.9. The van der Waals surface area contributed by atoms with E-state index in [-0.39, 0.29) is 24.2 Å². The molecule has 2 fully saturated rings. The number of phenols is 1. The fraction of sp³-hybridized carbons (Fsp3) is 0.448. The molecule has 0 bridgehead atoms. The third-order valence-electron chi connectivity index (χ3n) is 8.72. The Kier molecular flexibility index (Phi) is 6.70. The molecule has 206 valence electrons. The van der Waals surface area contributed by atoms with Crippen LogP contribution in [0.15, 0.2) is 36.4 Å². The minimum atomic E-state index is -2.68. The number of nitrogens with two attached hydrogens (primary N) is 1. The molecular formula is C29H32N2O8. The van der Waals surface area contributed by atoms with E-state index in [1.807, 2.05) is 24.3 Å². The number of carbonyl (C=O) groups is 4. The molecule has 3 aliphatic carbocycles. The van der Waals surface area contributed by atoms with Gasteiger partial charge in [0.05, 0.1) is 24.2 Å². The number of ketones is 3. The molecule has 2 aromatic carbocycles. The summed E-state index contributed by atoms with van der Waals surface area (Å²) in [6.07, 6.45) is -1.24. The Morgan fingerprint density at radius 2 is 1.87 bits per heavy atom. The van der Waals surface area contributed by atoms with Gasteiger partial charge in [-0.05, 0) is 67.2 Å². The molecule has 7 atom stereocenters. The Labute approximate surface area is 225 Å². The maximum absolute atomic E-state index is 13.9. The summed E-state index contributed by atoms with van der Waals surface area (Å²) in [5, 5.41) is 33.4. The fourth-order valence-corrected chi connectivity index (χ4v) is 7.09. The van der Waals surface area contributed by atoms with E-state index in [9.17, 15) is 34.5 Å². The third kappa shape index (κ3) is 3.93. The number of primary amides is 1. The number of hydrogen-bond acceptors (Lipinski definition) is 9. The number of carbonyl (C=O) groups excluding carboxylic acids is 4. The van der Waals surface area contributed by atoms with Gasteiger partial charge in [0.2, 0.25) is 5.91 Å². The number of rotatable bonds is 5. The van der Waals surface area contributed by atoms with Gasteiger partial charge in [-0.3, -0.25) is 19.2 Å². The molecule has 5 N–H and O–H groups in total. The van der Waals surface area contributed by atoms with Gasteiger partial charge in [0.1, 0.15) is 11.7 Å². The molecule has 0 aromatic heterocycles. The normalized spacial score (nSPS) is 32.0. The molecule has 0 radical (unpaired) electrons. The van der Waals surface area contributed by atoms with Crippen molar-refractivity contribution in [3.63, 3.8) is 0 Å². The number of hydrogen-bond donors (Lipinski definition) is 4. The number of aromatic hydroxyl groups is 1.